The van der Waals surface area contributed by atoms with Crippen LogP contribution in [0.5, 0.6) is 0 Å². The van der Waals surface area contributed by atoms with Crippen molar-refractivity contribution in [1.82, 2.24) is 0 Å². The molecule has 0 saturated carbocycles. The smallest absolute Gasteiger partial charge is 0.341 e. The second-order valence-corrected chi connectivity index (χ2v) is 6.85. The predicted octanol–water partition coefficient (Wildman–Crippen LogP) is 1.86. The van der Waals surface area contributed by atoms with Crippen LogP contribution in [-0.4, -0.2) is 33.8 Å². The Labute approximate surface area is 117 Å². The minimum absolute atomic E-state index is 0.270. The third kappa shape index (κ3) is 2.93. The Bertz CT molecular complexity index is 563. The van der Waals surface area contributed by atoms with E-state index in [-0.39, 0.29) is 10.8 Å². The summed E-state index contributed by atoms with van der Waals surface area (Å²) in [5, 5.41) is 0. The molecule has 112 valence electrons. The molecule has 2 rings (SSSR count). The van der Waals surface area contributed by atoms with Crippen molar-refractivity contribution in [2.45, 2.75) is 23.5 Å². The average molecular weight is 304 g/mol. The highest BCUT2D eigenvalue weighted by atomic mass is 32.2. The zero-order chi connectivity index (χ0) is 14.8. The summed E-state index contributed by atoms with van der Waals surface area (Å²) in [6, 6.07) is 5.94. The van der Waals surface area contributed by atoms with E-state index >= 15 is 0 Å². The van der Waals surface area contributed by atoms with Crippen molar-refractivity contribution in [3.63, 3.8) is 0 Å². The van der Waals surface area contributed by atoms with Crippen molar-refractivity contribution in [3.05, 3.63) is 24.3 Å². The van der Waals surface area contributed by atoms with E-state index in [2.05, 4.69) is 0 Å². The van der Waals surface area contributed by atoms with Gasteiger partial charge in [0, 0.05) is 13.1 Å². The molecular weight excluding hydrogens is 286 g/mol. The fraction of sp³-hybridized carbons (Fsp3) is 0.538. The number of halogens is 2. The van der Waals surface area contributed by atoms with Gasteiger partial charge in [-0.15, -0.1) is 0 Å². The van der Waals surface area contributed by atoms with E-state index < -0.39 is 15.6 Å². The van der Waals surface area contributed by atoms with Crippen molar-refractivity contribution in [1.29, 1.82) is 0 Å². The Balaban J connectivity index is 2.38. The van der Waals surface area contributed by atoms with E-state index in [0.29, 0.717) is 25.3 Å². The summed E-state index contributed by atoms with van der Waals surface area (Å²) in [6.45, 7) is 1.78. The zero-order valence-electron chi connectivity index (χ0n) is 11.0. The molecule has 2 N–H and O–H groups in total. The molecule has 1 aliphatic rings. The first kappa shape index (κ1) is 15.2. The summed E-state index contributed by atoms with van der Waals surface area (Å²) in [5.74, 6) is -3.13. The summed E-state index contributed by atoms with van der Waals surface area (Å²) >= 11 is 0. The van der Waals surface area contributed by atoms with Crippen molar-refractivity contribution in [2.24, 2.45) is 11.7 Å². The first-order valence-corrected chi connectivity index (χ1v) is 8.07. The second kappa shape index (κ2) is 6.05. The number of rotatable bonds is 4. The SMILES string of the molecule is NCC1CCCN(c2ccccc2S(=O)(=O)C(F)F)C1. The summed E-state index contributed by atoms with van der Waals surface area (Å²) in [7, 11) is -4.59. The molecule has 7 heteroatoms. The number of hydrogen-bond acceptors (Lipinski definition) is 4. The number of nitrogens with zero attached hydrogens (tertiary/aromatic N) is 1. The van der Waals surface area contributed by atoms with Crippen LogP contribution in [0.15, 0.2) is 29.2 Å². The normalized spacial score (nSPS) is 20.4. The number of sulfone groups is 1. The molecule has 1 saturated heterocycles. The maximum absolute atomic E-state index is 12.8. The number of benzene rings is 1. The van der Waals surface area contributed by atoms with Crippen LogP contribution in [0.3, 0.4) is 0 Å². The fourth-order valence-corrected chi connectivity index (χ4v) is 3.48. The standard InChI is InChI=1S/C13H18F2N2O2S/c14-13(15)20(18,19)12-6-2-1-5-11(12)17-7-3-4-10(8-16)9-17/h1-2,5-6,10,13H,3-4,7-9,16H2. The third-order valence-electron chi connectivity index (χ3n) is 3.60. The molecule has 1 fully saturated rings. The van der Waals surface area contributed by atoms with E-state index in [0.717, 1.165) is 12.8 Å². The number of alkyl halides is 2. The molecule has 1 heterocycles. The third-order valence-corrected chi connectivity index (χ3v) is 5.03. The highest BCUT2D eigenvalue weighted by Gasteiger charge is 2.31. The van der Waals surface area contributed by atoms with Gasteiger partial charge in [-0.05, 0) is 37.4 Å². The molecule has 1 aromatic rings. The van der Waals surface area contributed by atoms with Crippen LogP contribution < -0.4 is 10.6 Å². The Kier molecular flexibility index (Phi) is 4.59. The van der Waals surface area contributed by atoms with Gasteiger partial charge in [-0.3, -0.25) is 0 Å². The average Bonchev–Trinajstić information content (AvgIpc) is 2.47. The lowest BCUT2D eigenvalue weighted by molar-refractivity contribution is 0.234. The number of hydrogen-bond donors (Lipinski definition) is 1. The van der Waals surface area contributed by atoms with E-state index in [9.17, 15) is 17.2 Å². The number of piperidine rings is 1. The van der Waals surface area contributed by atoms with Crippen LogP contribution in [0.4, 0.5) is 14.5 Å². The lowest BCUT2D eigenvalue weighted by atomic mass is 9.98. The molecule has 1 atom stereocenters. The van der Waals surface area contributed by atoms with Crippen molar-refractivity contribution < 1.29 is 17.2 Å². The van der Waals surface area contributed by atoms with Crippen LogP contribution in [0.2, 0.25) is 0 Å². The molecular formula is C13H18F2N2O2S. The fourth-order valence-electron chi connectivity index (χ4n) is 2.53. The summed E-state index contributed by atoms with van der Waals surface area (Å²) in [4.78, 5) is 1.55. The lowest BCUT2D eigenvalue weighted by Gasteiger charge is -2.34. The highest BCUT2D eigenvalue weighted by Crippen LogP contribution is 2.31. The molecule has 4 nitrogen and oxygen atoms in total. The minimum atomic E-state index is -4.59. The van der Waals surface area contributed by atoms with Gasteiger partial charge in [-0.25, -0.2) is 8.42 Å². The Morgan fingerprint density at radius 2 is 2.05 bits per heavy atom. The van der Waals surface area contributed by atoms with E-state index in [1.165, 1.54) is 12.1 Å². The van der Waals surface area contributed by atoms with Crippen molar-refractivity contribution in [2.75, 3.05) is 24.5 Å². The van der Waals surface area contributed by atoms with E-state index in [1.54, 1.807) is 12.1 Å². The maximum Gasteiger partial charge on any atom is 0.341 e. The minimum Gasteiger partial charge on any atom is -0.370 e. The number of nitrogens with two attached hydrogens (primary N) is 1. The van der Waals surface area contributed by atoms with Crippen molar-refractivity contribution >= 4 is 15.5 Å². The highest BCUT2D eigenvalue weighted by molar-refractivity contribution is 7.91. The molecule has 1 aromatic carbocycles. The van der Waals surface area contributed by atoms with Gasteiger partial charge in [0.05, 0.1) is 10.6 Å². The largest absolute Gasteiger partial charge is 0.370 e. The first-order valence-electron chi connectivity index (χ1n) is 6.53. The van der Waals surface area contributed by atoms with Crippen LogP contribution in [0, 0.1) is 5.92 Å². The lowest BCUT2D eigenvalue weighted by Crippen LogP contribution is -2.39. The monoisotopic (exact) mass is 304 g/mol. The summed E-state index contributed by atoms with van der Waals surface area (Å²) in [6.07, 6.45) is 1.86. The second-order valence-electron chi connectivity index (χ2n) is 4.96. The quantitative estimate of drug-likeness (QED) is 0.922. The first-order chi connectivity index (χ1) is 9.46. The molecule has 0 radical (unpaired) electrons. The van der Waals surface area contributed by atoms with Crippen LogP contribution in [0.25, 0.3) is 0 Å². The van der Waals surface area contributed by atoms with Crippen molar-refractivity contribution in [3.8, 4) is 0 Å². The van der Waals surface area contributed by atoms with Gasteiger partial charge in [-0.2, -0.15) is 8.78 Å². The van der Waals surface area contributed by atoms with Crippen LogP contribution in [-0.2, 0) is 9.84 Å². The van der Waals surface area contributed by atoms with Gasteiger partial charge in [-0.1, -0.05) is 12.1 Å². The molecule has 0 amide bonds. The van der Waals surface area contributed by atoms with E-state index in [4.69, 9.17) is 5.73 Å². The topological polar surface area (TPSA) is 63.4 Å². The van der Waals surface area contributed by atoms with E-state index in [1.807, 2.05) is 4.90 Å². The predicted molar refractivity (Wildman–Crippen MR) is 73.6 cm³/mol. The maximum atomic E-state index is 12.8. The molecule has 0 bridgehead atoms. The molecule has 0 aromatic heterocycles. The molecule has 20 heavy (non-hydrogen) atoms. The molecule has 0 spiro atoms. The Hall–Kier alpha value is -1.21. The number of anilines is 1. The van der Waals surface area contributed by atoms with Gasteiger partial charge in [0.1, 0.15) is 0 Å². The number of para-hydroxylation sites is 1. The van der Waals surface area contributed by atoms with Gasteiger partial charge in [0.25, 0.3) is 0 Å². The van der Waals surface area contributed by atoms with Gasteiger partial charge in [0.2, 0.25) is 9.84 Å². The molecule has 1 unspecified atom stereocenters. The molecule has 0 aliphatic carbocycles. The molecule has 1 aliphatic heterocycles. The Morgan fingerprint density at radius 3 is 2.70 bits per heavy atom. The van der Waals surface area contributed by atoms with Gasteiger partial charge < -0.3 is 10.6 Å². The summed E-state index contributed by atoms with van der Waals surface area (Å²) in [5.41, 5.74) is 6.00. The van der Waals surface area contributed by atoms with Crippen LogP contribution >= 0.6 is 0 Å². The Morgan fingerprint density at radius 1 is 1.35 bits per heavy atom. The van der Waals surface area contributed by atoms with Gasteiger partial charge >= 0.3 is 5.76 Å². The van der Waals surface area contributed by atoms with Gasteiger partial charge in [0.15, 0.2) is 0 Å². The zero-order valence-corrected chi connectivity index (χ0v) is 11.8. The van der Waals surface area contributed by atoms with Crippen LogP contribution in [0.1, 0.15) is 12.8 Å². The summed E-state index contributed by atoms with van der Waals surface area (Å²) < 4.78 is 49.0.